The molecule has 0 fully saturated rings. The number of aryl methyl sites for hydroxylation is 9. The Labute approximate surface area is 566 Å². The fraction of sp³-hybridized carbons (Fsp3) is 0.360. The van der Waals surface area contributed by atoms with E-state index in [0.717, 1.165) is 64.4 Å². The van der Waals surface area contributed by atoms with Crippen LogP contribution in [-0.4, -0.2) is 21.6 Å². The van der Waals surface area contributed by atoms with Gasteiger partial charge in [-0.25, -0.2) is 8.78 Å². The highest BCUT2D eigenvalue weighted by Gasteiger charge is 2.17. The Kier molecular flexibility index (Phi) is 40.2. The molecule has 458 valence electrons. The van der Waals surface area contributed by atoms with E-state index in [-0.39, 0.29) is 18.7 Å². The molecule has 0 aliphatic rings. The summed E-state index contributed by atoms with van der Waals surface area (Å²) in [6.45, 7) is 21.8. The largest absolute Gasteiger partial charge is 0.491 e. The summed E-state index contributed by atoms with van der Waals surface area (Å²) in [5, 5.41) is 18.0. The second-order valence-corrected chi connectivity index (χ2v) is 26.2. The molecule has 2 nitrogen and oxygen atoms in total. The molecule has 2 N–H and O–H groups in total. The first-order chi connectivity index (χ1) is 40.3. The highest BCUT2D eigenvalue weighted by molar-refractivity contribution is 14.1. The molecule has 85 heavy (non-hydrogen) atoms. The Morgan fingerprint density at radius 3 is 1.08 bits per heavy atom. The van der Waals surface area contributed by atoms with Crippen molar-refractivity contribution in [2.24, 2.45) is 0 Å². The summed E-state index contributed by atoms with van der Waals surface area (Å²) in [7, 11) is -1.78. The summed E-state index contributed by atoms with van der Waals surface area (Å²) < 4.78 is 34.7. The lowest BCUT2D eigenvalue weighted by atomic mass is 9.79. The molecule has 0 amide bonds. The highest BCUT2D eigenvalue weighted by atomic mass is 127. The summed E-state index contributed by atoms with van der Waals surface area (Å²) in [5.74, 6) is -0.768. The van der Waals surface area contributed by atoms with Crippen molar-refractivity contribution >= 4 is 106 Å². The molecule has 0 saturated heterocycles. The number of hydrogen-bond acceptors (Lipinski definition) is 2. The first kappa shape index (κ1) is 77.6. The van der Waals surface area contributed by atoms with Crippen molar-refractivity contribution in [2.45, 2.75) is 173 Å². The van der Waals surface area contributed by atoms with Crippen molar-refractivity contribution in [3.63, 3.8) is 0 Å². The number of benzene rings is 8. The Hall–Kier alpha value is -3.50. The Morgan fingerprint density at radius 2 is 0.753 bits per heavy atom. The van der Waals surface area contributed by atoms with E-state index in [1.54, 1.807) is 12.1 Å². The van der Waals surface area contributed by atoms with E-state index >= 15 is 0 Å². The van der Waals surface area contributed by atoms with E-state index in [9.17, 15) is 8.78 Å². The van der Waals surface area contributed by atoms with Crippen LogP contribution in [0.15, 0.2) is 171 Å². The average molecular weight is 1570 g/mol. The standard InChI is InChI=1S/C26H29F.C15H16BFO2.2C11H15Br.C7H6BrI.C4H9I.CH4/c1-4-6-8-21-13-14-24(17-19(21)3)25-16-15-23(18-26(25)27)22-11-9-20(7-5-2)10-12-22;1-2-3-11-4-6-12(7-5-11)13-8-9-14(16(18)19)15(17)10-13;2*1-3-4-5-10-6-7-11(12)8-9(10)2;1-5-4-6(8)2-3-7(5)9;1-2-3-4-5;/h9-18H,4-8H2,1-3H3;4-10,18-19H,2-3H2,1H3;2*6-8H,3-5H2,1-2H3;2-4H,1H3;2-4H2,1H3;1H4. The lowest BCUT2D eigenvalue weighted by molar-refractivity contribution is 0.423. The lowest BCUT2D eigenvalue weighted by Gasteiger charge is -2.11. The first-order valence-corrected chi connectivity index (χ1v) is 35.0. The van der Waals surface area contributed by atoms with Gasteiger partial charge >= 0.3 is 7.12 Å². The Bertz CT molecular complexity index is 3090. The monoisotopic (exact) mass is 1570 g/mol. The van der Waals surface area contributed by atoms with Gasteiger partial charge in [0.05, 0.1) is 0 Å². The maximum atomic E-state index is 14.9. The minimum atomic E-state index is -1.78. The molecule has 0 spiro atoms. The van der Waals surface area contributed by atoms with Gasteiger partial charge in [0.25, 0.3) is 0 Å². The molecule has 8 rings (SSSR count). The number of halogens is 7. The molecule has 0 unspecified atom stereocenters. The average Bonchev–Trinajstić information content (AvgIpc) is 3.42. The molecule has 10 heteroatoms. The Morgan fingerprint density at radius 1 is 0.388 bits per heavy atom. The van der Waals surface area contributed by atoms with Gasteiger partial charge in [0.1, 0.15) is 11.6 Å². The lowest BCUT2D eigenvalue weighted by Crippen LogP contribution is -2.32. The maximum absolute atomic E-state index is 14.9. The van der Waals surface area contributed by atoms with E-state index < -0.39 is 12.9 Å². The molecular formula is C75H94BBr3F2I2O2. The van der Waals surface area contributed by atoms with Crippen LogP contribution in [0.4, 0.5) is 8.78 Å². The summed E-state index contributed by atoms with van der Waals surface area (Å²) in [5.41, 5.74) is 17.4. The fourth-order valence-corrected chi connectivity index (χ4v) is 11.5. The van der Waals surface area contributed by atoms with E-state index in [0.29, 0.717) is 5.56 Å². The second kappa shape index (κ2) is 44.0. The molecule has 0 aromatic heterocycles. The van der Waals surface area contributed by atoms with Crippen molar-refractivity contribution in [2.75, 3.05) is 4.43 Å². The normalized spacial score (nSPS) is 10.2. The first-order valence-electron chi connectivity index (χ1n) is 30.0. The minimum Gasteiger partial charge on any atom is -0.423 e. The molecule has 0 radical (unpaired) electrons. The molecular weight excluding hydrogens is 1480 g/mol. The molecule has 0 heterocycles. The molecule has 0 aliphatic carbocycles. The molecule has 0 atom stereocenters. The van der Waals surface area contributed by atoms with Crippen LogP contribution in [-0.2, 0) is 32.1 Å². The van der Waals surface area contributed by atoms with E-state index in [1.165, 1.54) is 143 Å². The number of alkyl halides is 1. The van der Waals surface area contributed by atoms with Crippen molar-refractivity contribution in [1.82, 2.24) is 0 Å². The number of unbranched alkanes of at least 4 members (excludes halogenated alkanes) is 4. The van der Waals surface area contributed by atoms with Gasteiger partial charge in [-0.15, -0.1) is 0 Å². The van der Waals surface area contributed by atoms with Gasteiger partial charge < -0.3 is 10.0 Å². The van der Waals surface area contributed by atoms with Crippen molar-refractivity contribution in [1.29, 1.82) is 0 Å². The van der Waals surface area contributed by atoms with Gasteiger partial charge in [-0.05, 0) is 245 Å². The zero-order valence-electron chi connectivity index (χ0n) is 51.4. The smallest absolute Gasteiger partial charge is 0.423 e. The van der Waals surface area contributed by atoms with Crippen LogP contribution in [0.25, 0.3) is 33.4 Å². The van der Waals surface area contributed by atoms with Gasteiger partial charge in [-0.1, -0.05) is 261 Å². The van der Waals surface area contributed by atoms with Gasteiger partial charge in [0, 0.05) is 28.0 Å². The van der Waals surface area contributed by atoms with Gasteiger partial charge in [-0.2, -0.15) is 0 Å². The molecule has 8 aromatic rings. The fourth-order valence-electron chi connectivity index (χ4n) is 9.02. The zero-order chi connectivity index (χ0) is 62.0. The molecule has 0 saturated carbocycles. The van der Waals surface area contributed by atoms with E-state index in [2.05, 4.69) is 259 Å². The quantitative estimate of drug-likeness (QED) is 0.0481. The predicted molar refractivity (Wildman–Crippen MR) is 397 cm³/mol. The maximum Gasteiger partial charge on any atom is 0.491 e. The summed E-state index contributed by atoms with van der Waals surface area (Å²) in [6, 6.07) is 52.1. The van der Waals surface area contributed by atoms with Crippen molar-refractivity contribution < 1.29 is 18.8 Å². The summed E-state index contributed by atoms with van der Waals surface area (Å²) >= 11 is 15.0. The van der Waals surface area contributed by atoms with Gasteiger partial charge in [-0.3, -0.25) is 0 Å². The zero-order valence-corrected chi connectivity index (χ0v) is 60.5. The SMILES string of the molecule is C.CCCCI.CCCCc1ccc(-c2ccc(-c3ccc(CCC)cc3)cc2F)cc1C.CCCCc1ccc(Br)cc1C.CCCCc1ccc(Br)cc1C.CCCc1ccc(-c2ccc(B(O)O)c(F)c2)cc1.Cc1cc(Br)ccc1I. The highest BCUT2D eigenvalue weighted by Crippen LogP contribution is 2.31. The van der Waals surface area contributed by atoms with E-state index in [4.69, 9.17) is 10.0 Å². The topological polar surface area (TPSA) is 40.5 Å². The third kappa shape index (κ3) is 29.1. The molecule has 8 aromatic carbocycles. The predicted octanol–water partition coefficient (Wildman–Crippen LogP) is 24.3. The van der Waals surface area contributed by atoms with E-state index in [1.807, 2.05) is 36.4 Å². The Balaban J connectivity index is 0.000000373. The van der Waals surface area contributed by atoms with Crippen LogP contribution in [0.1, 0.15) is 163 Å². The van der Waals surface area contributed by atoms with Gasteiger partial charge in [0.15, 0.2) is 0 Å². The molecule has 0 aliphatic heterocycles. The number of rotatable bonds is 19. The molecule has 0 bridgehead atoms. The van der Waals surface area contributed by atoms with Crippen LogP contribution >= 0.6 is 93.0 Å². The third-order valence-corrected chi connectivity index (χ3v) is 17.6. The second-order valence-electron chi connectivity index (χ2n) is 21.2. The summed E-state index contributed by atoms with van der Waals surface area (Å²) in [4.78, 5) is 0. The summed E-state index contributed by atoms with van der Waals surface area (Å²) in [6.07, 6.45) is 18.1. The van der Waals surface area contributed by atoms with Crippen LogP contribution in [0, 0.1) is 42.9 Å². The van der Waals surface area contributed by atoms with Crippen molar-refractivity contribution in [3.05, 3.63) is 236 Å². The number of hydrogen-bond donors (Lipinski definition) is 2. The van der Waals surface area contributed by atoms with Crippen LogP contribution in [0.5, 0.6) is 0 Å². The van der Waals surface area contributed by atoms with Crippen molar-refractivity contribution in [3.8, 4) is 33.4 Å². The minimum absolute atomic E-state index is 0. The van der Waals surface area contributed by atoms with Gasteiger partial charge in [0.2, 0.25) is 0 Å². The third-order valence-electron chi connectivity index (χ3n) is 14.2. The van der Waals surface area contributed by atoms with Crippen LogP contribution in [0.2, 0.25) is 0 Å². The van der Waals surface area contributed by atoms with Crippen LogP contribution in [0.3, 0.4) is 0 Å². The van der Waals surface area contributed by atoms with Crippen LogP contribution < -0.4 is 5.46 Å².